The lowest BCUT2D eigenvalue weighted by atomic mass is 9.97. The summed E-state index contributed by atoms with van der Waals surface area (Å²) in [6.07, 6.45) is 2.44. The number of nitrogens with one attached hydrogen (secondary N) is 1. The van der Waals surface area contributed by atoms with E-state index in [9.17, 15) is 18.0 Å². The molecule has 9 heteroatoms. The number of fused-ring (bicyclic) bond motifs is 1. The van der Waals surface area contributed by atoms with Crippen molar-refractivity contribution in [2.45, 2.75) is 44.4 Å². The molecule has 34 heavy (non-hydrogen) atoms. The number of anilines is 2. The van der Waals surface area contributed by atoms with E-state index in [0.717, 1.165) is 29.7 Å². The molecule has 0 atom stereocenters. The van der Waals surface area contributed by atoms with Gasteiger partial charge in [-0.15, -0.1) is 0 Å². The van der Waals surface area contributed by atoms with E-state index in [1.54, 1.807) is 30.2 Å². The van der Waals surface area contributed by atoms with Gasteiger partial charge < -0.3 is 15.0 Å². The molecule has 2 aromatic rings. The second-order valence-electron chi connectivity index (χ2n) is 8.94. The number of hydrogen-bond donors (Lipinski definition) is 1. The molecule has 0 aromatic heterocycles. The third-order valence-electron chi connectivity index (χ3n) is 6.63. The van der Waals surface area contributed by atoms with Gasteiger partial charge in [0, 0.05) is 38.2 Å². The van der Waals surface area contributed by atoms with Gasteiger partial charge in [0.15, 0.2) is 0 Å². The highest BCUT2D eigenvalue weighted by atomic mass is 32.2. The van der Waals surface area contributed by atoms with E-state index in [-0.39, 0.29) is 35.7 Å². The molecule has 2 aliphatic heterocycles. The Morgan fingerprint density at radius 2 is 1.79 bits per heavy atom. The van der Waals surface area contributed by atoms with Crippen LogP contribution in [0.4, 0.5) is 11.4 Å². The molecule has 8 nitrogen and oxygen atoms in total. The van der Waals surface area contributed by atoms with Crippen LogP contribution >= 0.6 is 0 Å². The van der Waals surface area contributed by atoms with E-state index >= 15 is 0 Å². The molecule has 4 rings (SSSR count). The van der Waals surface area contributed by atoms with E-state index in [1.807, 2.05) is 25.1 Å². The first-order chi connectivity index (χ1) is 16.2. The summed E-state index contributed by atoms with van der Waals surface area (Å²) in [5, 5.41) is 2.94. The van der Waals surface area contributed by atoms with Crippen LogP contribution in [0.2, 0.25) is 0 Å². The van der Waals surface area contributed by atoms with Gasteiger partial charge in [0.05, 0.1) is 17.7 Å². The molecule has 0 radical (unpaired) electrons. The van der Waals surface area contributed by atoms with Crippen molar-refractivity contribution < 1.29 is 22.7 Å². The van der Waals surface area contributed by atoms with Gasteiger partial charge in [0.25, 0.3) is 0 Å². The van der Waals surface area contributed by atoms with Crippen molar-refractivity contribution in [1.29, 1.82) is 0 Å². The number of hydrogen-bond acceptors (Lipinski definition) is 5. The first-order valence-electron chi connectivity index (χ1n) is 11.6. The Morgan fingerprint density at radius 1 is 1.06 bits per heavy atom. The van der Waals surface area contributed by atoms with Gasteiger partial charge in [-0.3, -0.25) is 9.59 Å². The van der Waals surface area contributed by atoms with Crippen LogP contribution in [0.1, 0.15) is 37.3 Å². The zero-order chi connectivity index (χ0) is 24.5. The first kappa shape index (κ1) is 24.2. The summed E-state index contributed by atoms with van der Waals surface area (Å²) in [6, 6.07) is 10.6. The minimum absolute atomic E-state index is 0.0415. The predicted octanol–water partition coefficient (Wildman–Crippen LogP) is 3.34. The number of sulfonamides is 1. The summed E-state index contributed by atoms with van der Waals surface area (Å²) in [4.78, 5) is 26.7. The molecule has 182 valence electrons. The second-order valence-corrected chi connectivity index (χ2v) is 10.9. The number of nitrogens with zero attached hydrogens (tertiary/aromatic N) is 2. The number of aryl methyl sites for hydroxylation is 2. The summed E-state index contributed by atoms with van der Waals surface area (Å²) < 4.78 is 33.4. The van der Waals surface area contributed by atoms with Crippen molar-refractivity contribution >= 4 is 33.2 Å². The third-order valence-corrected chi connectivity index (χ3v) is 8.52. The maximum Gasteiger partial charge on any atom is 0.243 e. The monoisotopic (exact) mass is 485 g/mol. The highest BCUT2D eigenvalue weighted by molar-refractivity contribution is 7.89. The molecule has 0 saturated carbocycles. The zero-order valence-corrected chi connectivity index (χ0v) is 20.7. The summed E-state index contributed by atoms with van der Waals surface area (Å²) >= 11 is 0. The van der Waals surface area contributed by atoms with Crippen molar-refractivity contribution in [2.24, 2.45) is 5.92 Å². The molecule has 1 saturated heterocycles. The van der Waals surface area contributed by atoms with Gasteiger partial charge in [0.1, 0.15) is 5.75 Å². The molecule has 2 aliphatic rings. The molecule has 2 aromatic carbocycles. The number of ether oxygens (including phenoxy) is 1. The van der Waals surface area contributed by atoms with Gasteiger partial charge in [-0.05, 0) is 74.1 Å². The summed E-state index contributed by atoms with van der Waals surface area (Å²) in [7, 11) is -2.12. The average molecular weight is 486 g/mol. The molecule has 0 aliphatic carbocycles. The molecule has 0 bridgehead atoms. The summed E-state index contributed by atoms with van der Waals surface area (Å²) in [5.41, 5.74) is 3.30. The van der Waals surface area contributed by atoms with Crippen LogP contribution in [0.5, 0.6) is 5.75 Å². The lowest BCUT2D eigenvalue weighted by Crippen LogP contribution is -2.41. The smallest absolute Gasteiger partial charge is 0.243 e. The standard InChI is InChI=1S/C25H31N3O5S/c1-17-6-9-24(33-3)22(15-17)26-25(30)19-10-13-27(14-11-19)34(31,32)21-7-8-23-20(16-21)5-4-12-28(23)18(2)29/h6-9,15-16,19H,4-5,10-14H2,1-3H3,(H,26,30). The van der Waals surface area contributed by atoms with Crippen LogP contribution in [-0.2, 0) is 26.0 Å². The second kappa shape index (κ2) is 9.76. The zero-order valence-electron chi connectivity index (χ0n) is 19.8. The molecule has 0 spiro atoms. The SMILES string of the molecule is COc1ccc(C)cc1NC(=O)C1CCN(S(=O)(=O)c2ccc3c(c2)CCCN3C(C)=O)CC1. The van der Waals surface area contributed by atoms with Crippen LogP contribution in [0.25, 0.3) is 0 Å². The van der Waals surface area contributed by atoms with Crippen molar-refractivity contribution in [3.63, 3.8) is 0 Å². The molecule has 1 N–H and O–H groups in total. The number of amides is 2. The molecule has 1 fully saturated rings. The number of carbonyl (C=O) groups excluding carboxylic acids is 2. The van der Waals surface area contributed by atoms with Gasteiger partial charge in [-0.25, -0.2) is 8.42 Å². The first-order valence-corrected chi connectivity index (χ1v) is 13.0. The molecular formula is C25H31N3O5S. The van der Waals surface area contributed by atoms with Gasteiger partial charge >= 0.3 is 0 Å². The number of methoxy groups -OCH3 is 1. The fourth-order valence-electron chi connectivity index (χ4n) is 4.72. The van der Waals surface area contributed by atoms with Crippen LogP contribution in [0.15, 0.2) is 41.3 Å². The van der Waals surface area contributed by atoms with E-state index in [0.29, 0.717) is 30.8 Å². The predicted molar refractivity (Wildman–Crippen MR) is 131 cm³/mol. The Hall–Kier alpha value is -2.91. The fraction of sp³-hybridized carbons (Fsp3) is 0.440. The van der Waals surface area contributed by atoms with Crippen LogP contribution < -0.4 is 15.0 Å². The Labute approximate surface area is 200 Å². The highest BCUT2D eigenvalue weighted by Gasteiger charge is 2.33. The molecule has 0 unspecified atom stereocenters. The summed E-state index contributed by atoms with van der Waals surface area (Å²) in [5.74, 6) is 0.151. The van der Waals surface area contributed by atoms with E-state index in [2.05, 4.69) is 5.32 Å². The molecule has 2 amide bonds. The number of benzene rings is 2. The topological polar surface area (TPSA) is 96.0 Å². The average Bonchev–Trinajstić information content (AvgIpc) is 2.83. The van der Waals surface area contributed by atoms with Crippen molar-refractivity contribution in [3.8, 4) is 5.75 Å². The van der Waals surface area contributed by atoms with Crippen LogP contribution in [0, 0.1) is 12.8 Å². The van der Waals surface area contributed by atoms with Gasteiger partial charge in [-0.2, -0.15) is 4.31 Å². The summed E-state index contributed by atoms with van der Waals surface area (Å²) in [6.45, 7) is 4.67. The minimum atomic E-state index is -3.68. The maximum absolute atomic E-state index is 13.3. The quantitative estimate of drug-likeness (QED) is 0.701. The van der Waals surface area contributed by atoms with Crippen molar-refractivity contribution in [1.82, 2.24) is 4.31 Å². The van der Waals surface area contributed by atoms with Gasteiger partial charge in [0.2, 0.25) is 21.8 Å². The Bertz CT molecular complexity index is 1200. The van der Waals surface area contributed by atoms with Crippen LogP contribution in [0.3, 0.4) is 0 Å². The van der Waals surface area contributed by atoms with Crippen molar-refractivity contribution in [2.75, 3.05) is 37.0 Å². The molecular weight excluding hydrogens is 454 g/mol. The largest absolute Gasteiger partial charge is 0.495 e. The fourth-order valence-corrected chi connectivity index (χ4v) is 6.24. The number of piperidine rings is 1. The Balaban J connectivity index is 1.43. The lowest BCUT2D eigenvalue weighted by Gasteiger charge is -2.32. The highest BCUT2D eigenvalue weighted by Crippen LogP contribution is 2.32. The lowest BCUT2D eigenvalue weighted by molar-refractivity contribution is -0.121. The number of rotatable bonds is 5. The normalized spacial score (nSPS) is 17.2. The maximum atomic E-state index is 13.3. The van der Waals surface area contributed by atoms with Crippen LogP contribution in [-0.4, -0.2) is 51.3 Å². The minimum Gasteiger partial charge on any atom is -0.495 e. The van der Waals surface area contributed by atoms with E-state index in [4.69, 9.17) is 4.74 Å². The Morgan fingerprint density at radius 3 is 2.47 bits per heavy atom. The van der Waals surface area contributed by atoms with Gasteiger partial charge in [-0.1, -0.05) is 6.07 Å². The van der Waals surface area contributed by atoms with Crippen molar-refractivity contribution in [3.05, 3.63) is 47.5 Å². The van der Waals surface area contributed by atoms with E-state index < -0.39 is 10.0 Å². The number of carbonyl (C=O) groups is 2. The Kier molecular flexibility index (Phi) is 6.95. The third kappa shape index (κ3) is 4.81. The van der Waals surface area contributed by atoms with E-state index in [1.165, 1.54) is 11.2 Å². The molecule has 2 heterocycles.